The van der Waals surface area contributed by atoms with Crippen LogP contribution >= 0.6 is 0 Å². The third-order valence-electron chi connectivity index (χ3n) is 3.27. The highest BCUT2D eigenvalue weighted by molar-refractivity contribution is 5.64. The van der Waals surface area contributed by atoms with E-state index in [0.717, 1.165) is 11.1 Å². The normalized spacial score (nSPS) is 12.7. The Kier molecular flexibility index (Phi) is 3.80. The predicted octanol–water partition coefficient (Wildman–Crippen LogP) is 3.08. The van der Waals surface area contributed by atoms with Crippen LogP contribution in [0.2, 0.25) is 0 Å². The molecule has 1 unspecified atom stereocenters. The standard InChI is InChI=1S/C16H18O2/c1-11-3-5-14(6-4-11)15-9-7-13(8-10-15)12(2)16(17)18/h3-10,12,16-18H,1-2H3. The zero-order chi connectivity index (χ0) is 13.1. The van der Waals surface area contributed by atoms with Crippen LogP contribution in [-0.4, -0.2) is 16.5 Å². The molecule has 18 heavy (non-hydrogen) atoms. The van der Waals surface area contributed by atoms with E-state index in [2.05, 4.69) is 31.2 Å². The Balaban J connectivity index is 2.24. The largest absolute Gasteiger partial charge is 0.368 e. The minimum atomic E-state index is -1.31. The van der Waals surface area contributed by atoms with Gasteiger partial charge in [0.2, 0.25) is 0 Å². The molecule has 1 atom stereocenters. The van der Waals surface area contributed by atoms with E-state index in [-0.39, 0.29) is 5.92 Å². The fourth-order valence-electron chi connectivity index (χ4n) is 1.90. The number of aliphatic hydroxyl groups excluding tert-OH is 1. The molecule has 2 rings (SSSR count). The van der Waals surface area contributed by atoms with Gasteiger partial charge in [0.1, 0.15) is 0 Å². The zero-order valence-corrected chi connectivity index (χ0v) is 10.7. The van der Waals surface area contributed by atoms with Crippen molar-refractivity contribution in [3.63, 3.8) is 0 Å². The summed E-state index contributed by atoms with van der Waals surface area (Å²) in [5, 5.41) is 18.3. The number of aliphatic hydroxyl groups is 2. The van der Waals surface area contributed by atoms with E-state index in [4.69, 9.17) is 10.2 Å². The van der Waals surface area contributed by atoms with Crippen molar-refractivity contribution >= 4 is 0 Å². The summed E-state index contributed by atoms with van der Waals surface area (Å²) in [6.07, 6.45) is -1.31. The number of hydrogen-bond acceptors (Lipinski definition) is 2. The van der Waals surface area contributed by atoms with Crippen LogP contribution in [0.3, 0.4) is 0 Å². The summed E-state index contributed by atoms with van der Waals surface area (Å²) in [5.41, 5.74) is 4.48. The van der Waals surface area contributed by atoms with Crippen LogP contribution in [0.4, 0.5) is 0 Å². The average Bonchev–Trinajstić information content (AvgIpc) is 2.39. The molecule has 0 aromatic heterocycles. The Bertz CT molecular complexity index is 498. The molecule has 0 saturated carbocycles. The van der Waals surface area contributed by atoms with Gasteiger partial charge >= 0.3 is 0 Å². The highest BCUT2D eigenvalue weighted by Crippen LogP contribution is 2.24. The summed E-state index contributed by atoms with van der Waals surface area (Å²) in [7, 11) is 0. The van der Waals surface area contributed by atoms with Gasteiger partial charge in [-0.15, -0.1) is 0 Å². The second-order valence-corrected chi connectivity index (χ2v) is 4.69. The number of hydrogen-bond donors (Lipinski definition) is 2. The van der Waals surface area contributed by atoms with E-state index in [1.165, 1.54) is 11.1 Å². The van der Waals surface area contributed by atoms with Gasteiger partial charge in [-0.25, -0.2) is 0 Å². The first-order valence-corrected chi connectivity index (χ1v) is 6.11. The van der Waals surface area contributed by atoms with Crippen molar-refractivity contribution in [3.8, 4) is 11.1 Å². The van der Waals surface area contributed by atoms with Crippen LogP contribution in [0.15, 0.2) is 48.5 Å². The van der Waals surface area contributed by atoms with Crippen molar-refractivity contribution in [2.45, 2.75) is 26.1 Å². The molecule has 2 nitrogen and oxygen atoms in total. The fourth-order valence-corrected chi connectivity index (χ4v) is 1.90. The predicted molar refractivity (Wildman–Crippen MR) is 73.3 cm³/mol. The van der Waals surface area contributed by atoms with Gasteiger partial charge in [0.05, 0.1) is 0 Å². The third-order valence-corrected chi connectivity index (χ3v) is 3.27. The Labute approximate surface area is 108 Å². The lowest BCUT2D eigenvalue weighted by atomic mass is 9.97. The molecule has 0 radical (unpaired) electrons. The molecule has 94 valence electrons. The molecule has 2 N–H and O–H groups in total. The van der Waals surface area contributed by atoms with E-state index in [1.807, 2.05) is 24.3 Å². The van der Waals surface area contributed by atoms with Gasteiger partial charge in [-0.1, -0.05) is 61.0 Å². The molecule has 2 aromatic rings. The molecule has 2 heteroatoms. The molecular weight excluding hydrogens is 224 g/mol. The topological polar surface area (TPSA) is 40.5 Å². The summed E-state index contributed by atoms with van der Waals surface area (Å²) >= 11 is 0. The van der Waals surface area contributed by atoms with Crippen molar-refractivity contribution in [3.05, 3.63) is 59.7 Å². The molecular formula is C16H18O2. The third kappa shape index (κ3) is 2.78. The Morgan fingerprint density at radius 2 is 1.22 bits per heavy atom. The van der Waals surface area contributed by atoms with Gasteiger partial charge in [0.15, 0.2) is 6.29 Å². The first-order valence-electron chi connectivity index (χ1n) is 6.11. The second kappa shape index (κ2) is 5.34. The quantitative estimate of drug-likeness (QED) is 0.812. The highest BCUT2D eigenvalue weighted by Gasteiger charge is 2.12. The Morgan fingerprint density at radius 3 is 1.67 bits per heavy atom. The van der Waals surface area contributed by atoms with Crippen molar-refractivity contribution in [1.82, 2.24) is 0 Å². The summed E-state index contributed by atoms with van der Waals surface area (Å²) in [6, 6.07) is 16.3. The molecule has 0 amide bonds. The number of benzene rings is 2. The van der Waals surface area contributed by atoms with Crippen LogP contribution in [0.5, 0.6) is 0 Å². The molecule has 0 heterocycles. The van der Waals surface area contributed by atoms with Crippen molar-refractivity contribution < 1.29 is 10.2 Å². The molecule has 0 spiro atoms. The van der Waals surface area contributed by atoms with E-state index in [1.54, 1.807) is 6.92 Å². The maximum Gasteiger partial charge on any atom is 0.158 e. The number of rotatable bonds is 3. The minimum absolute atomic E-state index is 0.267. The summed E-state index contributed by atoms with van der Waals surface area (Å²) in [5.74, 6) is -0.267. The molecule has 0 aliphatic carbocycles. The van der Waals surface area contributed by atoms with Gasteiger partial charge < -0.3 is 10.2 Å². The zero-order valence-electron chi connectivity index (χ0n) is 10.7. The average molecular weight is 242 g/mol. The smallest absolute Gasteiger partial charge is 0.158 e. The highest BCUT2D eigenvalue weighted by atomic mass is 16.5. The van der Waals surface area contributed by atoms with Gasteiger partial charge in [0.25, 0.3) is 0 Å². The van der Waals surface area contributed by atoms with Crippen molar-refractivity contribution in [2.75, 3.05) is 0 Å². The SMILES string of the molecule is Cc1ccc(-c2ccc(C(C)C(O)O)cc2)cc1. The monoisotopic (exact) mass is 242 g/mol. The van der Waals surface area contributed by atoms with Crippen LogP contribution in [0.25, 0.3) is 11.1 Å². The first kappa shape index (κ1) is 12.8. The lowest BCUT2D eigenvalue weighted by Crippen LogP contribution is -2.14. The van der Waals surface area contributed by atoms with E-state index in [9.17, 15) is 0 Å². The van der Waals surface area contributed by atoms with Crippen molar-refractivity contribution in [1.29, 1.82) is 0 Å². The van der Waals surface area contributed by atoms with Crippen LogP contribution in [-0.2, 0) is 0 Å². The van der Waals surface area contributed by atoms with Crippen LogP contribution in [0.1, 0.15) is 24.0 Å². The lowest BCUT2D eigenvalue weighted by Gasteiger charge is -2.14. The summed E-state index contributed by atoms with van der Waals surface area (Å²) in [6.45, 7) is 3.86. The van der Waals surface area contributed by atoms with E-state index < -0.39 is 6.29 Å². The minimum Gasteiger partial charge on any atom is -0.368 e. The molecule has 0 fully saturated rings. The van der Waals surface area contributed by atoms with Gasteiger partial charge in [-0.05, 0) is 23.6 Å². The Morgan fingerprint density at radius 1 is 0.778 bits per heavy atom. The lowest BCUT2D eigenvalue weighted by molar-refractivity contribution is -0.0561. The Hall–Kier alpha value is -1.64. The molecule has 0 aliphatic rings. The van der Waals surface area contributed by atoms with E-state index in [0.29, 0.717) is 0 Å². The molecule has 2 aromatic carbocycles. The molecule has 0 bridgehead atoms. The first-order chi connectivity index (χ1) is 8.58. The van der Waals surface area contributed by atoms with E-state index >= 15 is 0 Å². The van der Waals surface area contributed by atoms with Crippen LogP contribution < -0.4 is 0 Å². The summed E-state index contributed by atoms with van der Waals surface area (Å²) < 4.78 is 0. The maximum absolute atomic E-state index is 9.15. The molecule has 0 aliphatic heterocycles. The van der Waals surface area contributed by atoms with Gasteiger partial charge in [0, 0.05) is 5.92 Å². The van der Waals surface area contributed by atoms with Gasteiger partial charge in [-0.3, -0.25) is 0 Å². The fraction of sp³-hybridized carbons (Fsp3) is 0.250. The van der Waals surface area contributed by atoms with Gasteiger partial charge in [-0.2, -0.15) is 0 Å². The summed E-state index contributed by atoms with van der Waals surface area (Å²) in [4.78, 5) is 0. The van der Waals surface area contributed by atoms with Crippen LogP contribution in [0, 0.1) is 6.92 Å². The van der Waals surface area contributed by atoms with Crippen molar-refractivity contribution in [2.24, 2.45) is 0 Å². The molecule has 0 saturated heterocycles. The number of aryl methyl sites for hydroxylation is 1. The maximum atomic E-state index is 9.15. The second-order valence-electron chi connectivity index (χ2n) is 4.69.